The minimum Gasteiger partial charge on any atom is -0.335 e. The fraction of sp³-hybridized carbons (Fsp3) is 0.400. The van der Waals surface area contributed by atoms with Crippen LogP contribution < -0.4 is 5.32 Å². The number of carbonyl (C=O) groups excluding carboxylic acids is 2. The summed E-state index contributed by atoms with van der Waals surface area (Å²) in [5, 5.41) is 4.99. The van der Waals surface area contributed by atoms with Gasteiger partial charge in [0.2, 0.25) is 5.91 Å². The Bertz CT molecular complexity index is 765. The lowest BCUT2D eigenvalue weighted by atomic mass is 10.1. The first-order chi connectivity index (χ1) is 12.6. The zero-order valence-electron chi connectivity index (χ0n) is 15.3. The highest BCUT2D eigenvalue weighted by molar-refractivity contribution is 7.12. The van der Waals surface area contributed by atoms with Crippen molar-refractivity contribution in [1.29, 1.82) is 0 Å². The van der Waals surface area contributed by atoms with Gasteiger partial charge >= 0.3 is 0 Å². The molecule has 138 valence electrons. The Morgan fingerprint density at radius 1 is 1.12 bits per heavy atom. The van der Waals surface area contributed by atoms with Gasteiger partial charge in [0.25, 0.3) is 5.91 Å². The van der Waals surface area contributed by atoms with Gasteiger partial charge in [0.1, 0.15) is 0 Å². The molecule has 1 fully saturated rings. The van der Waals surface area contributed by atoms with Crippen LogP contribution in [0.15, 0.2) is 35.7 Å². The normalized spacial score (nSPS) is 15.1. The van der Waals surface area contributed by atoms with Gasteiger partial charge in [0.05, 0.1) is 11.4 Å². The van der Waals surface area contributed by atoms with Crippen LogP contribution in [0.4, 0.5) is 5.69 Å². The van der Waals surface area contributed by atoms with Crippen LogP contribution in [0.1, 0.15) is 27.7 Å². The number of nitrogens with zero attached hydrogens (tertiary/aromatic N) is 2. The molecule has 1 saturated heterocycles. The number of para-hydroxylation sites is 1. The molecular formula is C20H25N3O2S. The van der Waals surface area contributed by atoms with E-state index in [1.54, 1.807) is 0 Å². The Morgan fingerprint density at radius 3 is 2.54 bits per heavy atom. The third kappa shape index (κ3) is 4.31. The van der Waals surface area contributed by atoms with E-state index in [-0.39, 0.29) is 11.8 Å². The highest BCUT2D eigenvalue weighted by Gasteiger charge is 2.24. The summed E-state index contributed by atoms with van der Waals surface area (Å²) in [5.74, 6) is 0.101. The second kappa shape index (κ2) is 8.47. The fourth-order valence-corrected chi connectivity index (χ4v) is 3.94. The molecule has 0 radical (unpaired) electrons. The number of amides is 2. The van der Waals surface area contributed by atoms with Crippen molar-refractivity contribution < 1.29 is 9.59 Å². The molecule has 1 aromatic heterocycles. The minimum absolute atomic E-state index is 0.00651. The molecule has 0 saturated carbocycles. The molecule has 26 heavy (non-hydrogen) atoms. The number of aryl methyl sites for hydroxylation is 2. The summed E-state index contributed by atoms with van der Waals surface area (Å²) in [6, 6.07) is 9.85. The molecule has 1 aliphatic heterocycles. The molecular weight excluding hydrogens is 346 g/mol. The second-order valence-electron chi connectivity index (χ2n) is 6.56. The summed E-state index contributed by atoms with van der Waals surface area (Å²) in [5.41, 5.74) is 3.18. The molecule has 2 amide bonds. The molecule has 1 N–H and O–H groups in total. The summed E-state index contributed by atoms with van der Waals surface area (Å²) in [7, 11) is 0. The number of piperazine rings is 1. The van der Waals surface area contributed by atoms with Gasteiger partial charge in [0.15, 0.2) is 0 Å². The average Bonchev–Trinajstić information content (AvgIpc) is 3.18. The van der Waals surface area contributed by atoms with Crippen LogP contribution in [-0.4, -0.2) is 54.3 Å². The molecule has 2 heterocycles. The van der Waals surface area contributed by atoms with E-state index in [9.17, 15) is 9.59 Å². The molecule has 5 nitrogen and oxygen atoms in total. The van der Waals surface area contributed by atoms with Crippen molar-refractivity contribution in [3.63, 3.8) is 0 Å². The molecule has 0 unspecified atom stereocenters. The maximum atomic E-state index is 12.5. The molecule has 2 aromatic rings. The second-order valence-corrected chi connectivity index (χ2v) is 7.50. The van der Waals surface area contributed by atoms with Gasteiger partial charge in [-0.2, -0.15) is 0 Å². The van der Waals surface area contributed by atoms with Gasteiger partial charge in [-0.1, -0.05) is 31.2 Å². The molecule has 0 bridgehead atoms. The number of thiophene rings is 1. The van der Waals surface area contributed by atoms with E-state index >= 15 is 0 Å². The smallest absolute Gasteiger partial charge is 0.264 e. The van der Waals surface area contributed by atoms with E-state index in [0.29, 0.717) is 19.6 Å². The van der Waals surface area contributed by atoms with E-state index in [1.807, 2.05) is 41.5 Å². The van der Waals surface area contributed by atoms with Crippen molar-refractivity contribution in [3.05, 3.63) is 51.7 Å². The molecule has 0 atom stereocenters. The minimum atomic E-state index is 0.00651. The number of hydrogen-bond donors (Lipinski definition) is 1. The highest BCUT2D eigenvalue weighted by atomic mass is 32.1. The van der Waals surface area contributed by atoms with Crippen LogP contribution in [0, 0.1) is 6.92 Å². The topological polar surface area (TPSA) is 52.7 Å². The van der Waals surface area contributed by atoms with Crippen molar-refractivity contribution in [2.45, 2.75) is 20.3 Å². The number of anilines is 1. The fourth-order valence-electron chi connectivity index (χ4n) is 3.25. The van der Waals surface area contributed by atoms with Gasteiger partial charge in [-0.05, 0) is 35.9 Å². The summed E-state index contributed by atoms with van der Waals surface area (Å²) >= 11 is 1.47. The van der Waals surface area contributed by atoms with Crippen LogP contribution in [-0.2, 0) is 11.2 Å². The van der Waals surface area contributed by atoms with Crippen molar-refractivity contribution in [2.75, 3.05) is 38.0 Å². The van der Waals surface area contributed by atoms with Crippen LogP contribution in [0.5, 0.6) is 0 Å². The summed E-state index contributed by atoms with van der Waals surface area (Å²) in [6.07, 6.45) is 0.890. The van der Waals surface area contributed by atoms with Crippen LogP contribution in [0.2, 0.25) is 0 Å². The Labute approximate surface area is 158 Å². The predicted molar refractivity (Wildman–Crippen MR) is 106 cm³/mol. The average molecular weight is 372 g/mol. The third-order valence-electron chi connectivity index (χ3n) is 4.76. The standard InChI is InChI=1S/C20H25N3O2S/c1-3-16-7-4-6-15(2)19(16)21-18(24)14-22-9-11-23(12-10-22)20(25)17-8-5-13-26-17/h4-8,13H,3,9-12,14H2,1-2H3,(H,21,24). The zero-order chi connectivity index (χ0) is 18.5. The maximum absolute atomic E-state index is 12.5. The summed E-state index contributed by atoms with van der Waals surface area (Å²) in [6.45, 7) is 7.23. The van der Waals surface area contributed by atoms with Crippen LogP contribution in [0.3, 0.4) is 0 Å². The molecule has 3 rings (SSSR count). The number of nitrogens with one attached hydrogen (secondary N) is 1. The Hall–Kier alpha value is -2.18. The van der Waals surface area contributed by atoms with Gasteiger partial charge in [-0.3, -0.25) is 14.5 Å². The number of carbonyl (C=O) groups is 2. The number of benzene rings is 1. The first-order valence-electron chi connectivity index (χ1n) is 9.02. The SMILES string of the molecule is CCc1cccc(C)c1NC(=O)CN1CCN(C(=O)c2cccs2)CC1. The van der Waals surface area contributed by atoms with Gasteiger partial charge in [0, 0.05) is 31.9 Å². The molecule has 6 heteroatoms. The molecule has 0 spiro atoms. The van der Waals surface area contributed by atoms with Crippen molar-refractivity contribution in [1.82, 2.24) is 9.80 Å². The summed E-state index contributed by atoms with van der Waals surface area (Å²) in [4.78, 5) is 29.6. The molecule has 1 aromatic carbocycles. The first kappa shape index (κ1) is 18.6. The monoisotopic (exact) mass is 371 g/mol. The summed E-state index contributed by atoms with van der Waals surface area (Å²) < 4.78 is 0. The van der Waals surface area contributed by atoms with E-state index in [4.69, 9.17) is 0 Å². The molecule has 1 aliphatic rings. The maximum Gasteiger partial charge on any atom is 0.264 e. The van der Waals surface area contributed by atoms with E-state index < -0.39 is 0 Å². The van der Waals surface area contributed by atoms with E-state index in [2.05, 4.69) is 23.2 Å². The lowest BCUT2D eigenvalue weighted by molar-refractivity contribution is -0.117. The quantitative estimate of drug-likeness (QED) is 0.879. The number of rotatable bonds is 5. The Balaban J connectivity index is 1.52. The van der Waals surface area contributed by atoms with Crippen molar-refractivity contribution in [3.8, 4) is 0 Å². The lowest BCUT2D eigenvalue weighted by Crippen LogP contribution is -2.50. The van der Waals surface area contributed by atoms with Crippen LogP contribution in [0.25, 0.3) is 0 Å². The highest BCUT2D eigenvalue weighted by Crippen LogP contribution is 2.21. The van der Waals surface area contributed by atoms with Gasteiger partial charge < -0.3 is 10.2 Å². The predicted octanol–water partition coefficient (Wildman–Crippen LogP) is 3.02. The van der Waals surface area contributed by atoms with Gasteiger partial charge in [-0.25, -0.2) is 0 Å². The lowest BCUT2D eigenvalue weighted by Gasteiger charge is -2.34. The van der Waals surface area contributed by atoms with E-state index in [0.717, 1.165) is 41.2 Å². The van der Waals surface area contributed by atoms with Crippen molar-refractivity contribution >= 4 is 28.8 Å². The van der Waals surface area contributed by atoms with Gasteiger partial charge in [-0.15, -0.1) is 11.3 Å². The Kier molecular flexibility index (Phi) is 6.06. The van der Waals surface area contributed by atoms with E-state index in [1.165, 1.54) is 11.3 Å². The number of hydrogen-bond acceptors (Lipinski definition) is 4. The zero-order valence-corrected chi connectivity index (χ0v) is 16.1. The third-order valence-corrected chi connectivity index (χ3v) is 5.62. The first-order valence-corrected chi connectivity index (χ1v) is 9.90. The largest absolute Gasteiger partial charge is 0.335 e. The van der Waals surface area contributed by atoms with Crippen molar-refractivity contribution in [2.24, 2.45) is 0 Å². The molecule has 0 aliphatic carbocycles. The van der Waals surface area contributed by atoms with Crippen LogP contribution >= 0.6 is 11.3 Å². The Morgan fingerprint density at radius 2 is 1.88 bits per heavy atom.